The lowest BCUT2D eigenvalue weighted by atomic mass is 9.75. The predicted molar refractivity (Wildman–Crippen MR) is 120 cm³/mol. The van der Waals surface area contributed by atoms with E-state index >= 15 is 0 Å². The quantitative estimate of drug-likeness (QED) is 0.597. The molecule has 2 aliphatic heterocycles. The maximum atomic E-state index is 13.5. The number of hydrogen-bond donors (Lipinski definition) is 1. The van der Waals surface area contributed by atoms with E-state index in [1.807, 2.05) is 18.2 Å². The molecule has 4 heteroatoms. The van der Waals surface area contributed by atoms with Crippen LogP contribution in [0.4, 0.5) is 4.39 Å². The van der Waals surface area contributed by atoms with Crippen molar-refractivity contribution in [2.24, 2.45) is 0 Å². The molecule has 3 nitrogen and oxygen atoms in total. The Labute approximate surface area is 183 Å². The predicted octanol–water partition coefficient (Wildman–Crippen LogP) is 5.48. The Morgan fingerprint density at radius 1 is 0.903 bits per heavy atom. The van der Waals surface area contributed by atoms with Gasteiger partial charge in [0.1, 0.15) is 17.3 Å². The van der Waals surface area contributed by atoms with Gasteiger partial charge in [-0.05, 0) is 67.2 Å². The van der Waals surface area contributed by atoms with Crippen molar-refractivity contribution in [1.29, 1.82) is 0 Å². The average molecular weight is 418 g/mol. The number of aromatic hydroxyl groups is 1. The first-order chi connectivity index (χ1) is 15.2. The number of phenolic OH excluding ortho intramolecular Hbond substituents is 1. The van der Waals surface area contributed by atoms with Gasteiger partial charge in [0.2, 0.25) is 0 Å². The summed E-state index contributed by atoms with van der Waals surface area (Å²) in [5, 5.41) is 9.92. The van der Waals surface area contributed by atoms with Crippen LogP contribution in [0.2, 0.25) is 0 Å². The highest BCUT2D eigenvalue weighted by Crippen LogP contribution is 2.46. The minimum atomic E-state index is -0.232. The molecule has 0 saturated carbocycles. The third-order valence-corrected chi connectivity index (χ3v) is 6.71. The van der Waals surface area contributed by atoms with Gasteiger partial charge in [0.25, 0.3) is 0 Å². The van der Waals surface area contributed by atoms with Crippen molar-refractivity contribution >= 4 is 0 Å². The van der Waals surface area contributed by atoms with Crippen molar-refractivity contribution in [2.45, 2.75) is 31.1 Å². The van der Waals surface area contributed by atoms with Crippen molar-refractivity contribution in [3.05, 3.63) is 94.8 Å². The highest BCUT2D eigenvalue weighted by Gasteiger charge is 2.33. The normalized spacial score (nSPS) is 20.9. The average Bonchev–Trinajstić information content (AvgIpc) is 3.32. The summed E-state index contributed by atoms with van der Waals surface area (Å²) < 4.78 is 19.5. The summed E-state index contributed by atoms with van der Waals surface area (Å²) in [5.74, 6) is 0.858. The van der Waals surface area contributed by atoms with E-state index in [0.717, 1.165) is 29.8 Å². The maximum absolute atomic E-state index is 13.5. The lowest BCUT2D eigenvalue weighted by molar-refractivity contribution is 0.247. The van der Waals surface area contributed by atoms with E-state index in [9.17, 15) is 9.50 Å². The van der Waals surface area contributed by atoms with Crippen LogP contribution in [0.15, 0.2) is 66.7 Å². The second-order valence-corrected chi connectivity index (χ2v) is 8.71. The van der Waals surface area contributed by atoms with Gasteiger partial charge in [-0.15, -0.1) is 0 Å². The lowest BCUT2D eigenvalue weighted by Crippen LogP contribution is -2.25. The Bertz CT molecular complexity index is 1030. The van der Waals surface area contributed by atoms with E-state index in [-0.39, 0.29) is 23.4 Å². The Hall–Kier alpha value is -2.85. The van der Waals surface area contributed by atoms with E-state index in [4.69, 9.17) is 4.74 Å². The molecule has 3 aromatic carbocycles. The van der Waals surface area contributed by atoms with Crippen LogP contribution in [0, 0.1) is 5.82 Å². The standard InChI is InChI=1S/C27H28FNO2/c28-22-9-7-20(8-10-22)25-18-31-26-17-23(30)11-12-24(26)27(25)21-5-3-19(4-6-21)13-16-29-14-1-2-15-29/h3-12,17,25,27,30H,1-2,13-16,18H2. The zero-order chi connectivity index (χ0) is 21.2. The van der Waals surface area contributed by atoms with Crippen LogP contribution in [0.3, 0.4) is 0 Å². The fourth-order valence-corrected chi connectivity index (χ4v) is 4.99. The van der Waals surface area contributed by atoms with E-state index in [0.29, 0.717) is 6.61 Å². The van der Waals surface area contributed by atoms with E-state index in [2.05, 4.69) is 29.2 Å². The molecule has 3 aromatic rings. The maximum Gasteiger partial charge on any atom is 0.126 e. The Kier molecular flexibility index (Phi) is 5.65. The second kappa shape index (κ2) is 8.72. The number of nitrogens with zero attached hydrogens (tertiary/aromatic N) is 1. The number of halogens is 1. The van der Waals surface area contributed by atoms with Gasteiger partial charge in [-0.1, -0.05) is 42.5 Å². The molecule has 1 saturated heterocycles. The molecular weight excluding hydrogens is 389 g/mol. The van der Waals surface area contributed by atoms with E-state index < -0.39 is 0 Å². The third-order valence-electron chi connectivity index (χ3n) is 6.71. The number of phenols is 1. The largest absolute Gasteiger partial charge is 0.508 e. The van der Waals surface area contributed by atoms with Gasteiger partial charge in [0.15, 0.2) is 0 Å². The van der Waals surface area contributed by atoms with Crippen molar-refractivity contribution in [1.82, 2.24) is 4.90 Å². The summed E-state index contributed by atoms with van der Waals surface area (Å²) in [6.07, 6.45) is 3.71. The molecule has 0 radical (unpaired) electrons. The molecule has 2 unspecified atom stereocenters. The number of likely N-dealkylation sites (tertiary alicyclic amines) is 1. The summed E-state index contributed by atoms with van der Waals surface area (Å²) in [6.45, 7) is 4.06. The first-order valence-electron chi connectivity index (χ1n) is 11.2. The molecule has 1 N–H and O–H groups in total. The molecular formula is C27H28FNO2. The van der Waals surface area contributed by atoms with E-state index in [1.54, 1.807) is 12.1 Å². The molecule has 1 fully saturated rings. The van der Waals surface area contributed by atoms with Crippen LogP contribution in [-0.4, -0.2) is 36.2 Å². The van der Waals surface area contributed by atoms with Crippen LogP contribution < -0.4 is 4.74 Å². The molecule has 2 aliphatic rings. The number of fused-ring (bicyclic) bond motifs is 1. The van der Waals surface area contributed by atoms with Gasteiger partial charge in [0, 0.05) is 30.0 Å². The van der Waals surface area contributed by atoms with Crippen LogP contribution in [-0.2, 0) is 6.42 Å². The number of rotatable bonds is 5. The highest BCUT2D eigenvalue weighted by atomic mass is 19.1. The van der Waals surface area contributed by atoms with Crippen LogP contribution in [0.1, 0.15) is 46.9 Å². The molecule has 0 amide bonds. The van der Waals surface area contributed by atoms with Gasteiger partial charge in [-0.3, -0.25) is 0 Å². The summed E-state index contributed by atoms with van der Waals surface area (Å²) >= 11 is 0. The fraction of sp³-hybridized carbons (Fsp3) is 0.333. The zero-order valence-corrected chi connectivity index (χ0v) is 17.6. The zero-order valence-electron chi connectivity index (χ0n) is 17.6. The highest BCUT2D eigenvalue weighted by molar-refractivity contribution is 5.50. The number of hydrogen-bond acceptors (Lipinski definition) is 3. The van der Waals surface area contributed by atoms with Crippen molar-refractivity contribution in [2.75, 3.05) is 26.2 Å². The van der Waals surface area contributed by atoms with Gasteiger partial charge in [-0.25, -0.2) is 4.39 Å². The van der Waals surface area contributed by atoms with Crippen LogP contribution in [0.5, 0.6) is 11.5 Å². The SMILES string of the molecule is Oc1ccc2c(c1)OCC(c1ccc(F)cc1)C2c1ccc(CCN2CCCC2)cc1. The third kappa shape index (κ3) is 4.31. The molecule has 2 heterocycles. The van der Waals surface area contributed by atoms with Gasteiger partial charge in [0.05, 0.1) is 6.61 Å². The first kappa shape index (κ1) is 20.1. The van der Waals surface area contributed by atoms with Crippen LogP contribution in [0.25, 0.3) is 0 Å². The van der Waals surface area contributed by atoms with Crippen molar-refractivity contribution < 1.29 is 14.2 Å². The van der Waals surface area contributed by atoms with Gasteiger partial charge < -0.3 is 14.7 Å². The second-order valence-electron chi connectivity index (χ2n) is 8.71. The van der Waals surface area contributed by atoms with Crippen molar-refractivity contribution in [3.8, 4) is 11.5 Å². The first-order valence-corrected chi connectivity index (χ1v) is 11.2. The fourth-order valence-electron chi connectivity index (χ4n) is 4.99. The van der Waals surface area contributed by atoms with Crippen LogP contribution >= 0.6 is 0 Å². The molecule has 160 valence electrons. The topological polar surface area (TPSA) is 32.7 Å². The summed E-state index contributed by atoms with van der Waals surface area (Å²) in [6, 6.07) is 21.0. The molecule has 31 heavy (non-hydrogen) atoms. The van der Waals surface area contributed by atoms with Gasteiger partial charge in [-0.2, -0.15) is 0 Å². The monoisotopic (exact) mass is 417 g/mol. The van der Waals surface area contributed by atoms with Crippen molar-refractivity contribution in [3.63, 3.8) is 0 Å². The lowest BCUT2D eigenvalue weighted by Gasteiger charge is -2.34. The Balaban J connectivity index is 1.44. The van der Waals surface area contributed by atoms with Gasteiger partial charge >= 0.3 is 0 Å². The smallest absolute Gasteiger partial charge is 0.126 e. The number of ether oxygens (including phenoxy) is 1. The van der Waals surface area contributed by atoms with E-state index in [1.165, 1.54) is 49.2 Å². The molecule has 0 spiro atoms. The molecule has 5 rings (SSSR count). The minimum Gasteiger partial charge on any atom is -0.508 e. The molecule has 2 atom stereocenters. The summed E-state index contributed by atoms with van der Waals surface area (Å²) in [7, 11) is 0. The Morgan fingerprint density at radius 2 is 1.61 bits per heavy atom. The molecule has 0 bridgehead atoms. The summed E-state index contributed by atoms with van der Waals surface area (Å²) in [5.41, 5.74) is 4.69. The summed E-state index contributed by atoms with van der Waals surface area (Å²) in [4.78, 5) is 2.54. The minimum absolute atomic E-state index is 0.0769. The Morgan fingerprint density at radius 3 is 2.35 bits per heavy atom. The molecule has 0 aromatic heterocycles. The number of benzene rings is 3. The molecule has 0 aliphatic carbocycles.